The molecule has 2 aromatic rings. The molecule has 0 fully saturated rings. The number of hydrogen-bond donors (Lipinski definition) is 3. The Morgan fingerprint density at radius 3 is 2.65 bits per heavy atom. The van der Waals surface area contributed by atoms with Gasteiger partial charge in [-0.25, -0.2) is 0 Å². The van der Waals surface area contributed by atoms with Gasteiger partial charge < -0.3 is 11.5 Å². The topological polar surface area (TPSA) is 88.8 Å². The molecule has 0 unspecified atom stereocenters. The van der Waals surface area contributed by atoms with Crippen molar-refractivity contribution in [3.63, 3.8) is 0 Å². The summed E-state index contributed by atoms with van der Waals surface area (Å²) in [7, 11) is 0. The zero-order chi connectivity index (χ0) is 12.4. The van der Waals surface area contributed by atoms with Gasteiger partial charge in [0.1, 0.15) is 0 Å². The number of aromatic nitrogens is 1. The monoisotopic (exact) mass is 226 g/mol. The normalized spacial score (nSPS) is 10.2. The first-order chi connectivity index (χ1) is 8.08. The zero-order valence-corrected chi connectivity index (χ0v) is 9.57. The van der Waals surface area contributed by atoms with Crippen molar-refractivity contribution in [2.75, 3.05) is 11.5 Å². The van der Waals surface area contributed by atoms with E-state index in [1.807, 2.05) is 13.0 Å². The minimum Gasteiger partial charge on any atom is -0.399 e. The Morgan fingerprint density at radius 1 is 1.18 bits per heavy atom. The van der Waals surface area contributed by atoms with Gasteiger partial charge in [0.05, 0.1) is 5.71 Å². The Labute approximate surface area is 99.8 Å². The number of nitrogen functional groups attached to an aromatic ring is 2. The highest BCUT2D eigenvalue weighted by Gasteiger charge is 2.09. The average Bonchev–Trinajstić information content (AvgIpc) is 2.31. The summed E-state index contributed by atoms with van der Waals surface area (Å²) in [5, 5.41) is 8.14. The zero-order valence-electron chi connectivity index (χ0n) is 9.57. The predicted octanol–water partition coefficient (Wildman–Crippen LogP) is 1.97. The highest BCUT2D eigenvalue weighted by molar-refractivity contribution is 6.14. The number of anilines is 2. The molecule has 0 radical (unpaired) electrons. The molecule has 0 aliphatic heterocycles. The van der Waals surface area contributed by atoms with Gasteiger partial charge in [-0.1, -0.05) is 0 Å². The molecule has 0 spiro atoms. The Bertz CT molecular complexity index is 575. The van der Waals surface area contributed by atoms with Crippen molar-refractivity contribution in [2.24, 2.45) is 0 Å². The van der Waals surface area contributed by atoms with Crippen LogP contribution in [-0.4, -0.2) is 10.7 Å². The molecule has 0 aliphatic carbocycles. The van der Waals surface area contributed by atoms with Gasteiger partial charge in [0.25, 0.3) is 0 Å². The van der Waals surface area contributed by atoms with E-state index < -0.39 is 0 Å². The van der Waals surface area contributed by atoms with Crippen LogP contribution in [0.4, 0.5) is 11.4 Å². The molecule has 86 valence electrons. The molecule has 4 heteroatoms. The average molecular weight is 226 g/mol. The number of nitrogens with one attached hydrogen (secondary N) is 1. The number of hydrogen-bond acceptors (Lipinski definition) is 4. The minimum atomic E-state index is 0.361. The quantitative estimate of drug-likeness (QED) is 0.540. The van der Waals surface area contributed by atoms with Gasteiger partial charge in [-0.15, -0.1) is 0 Å². The number of pyridine rings is 1. The molecule has 1 aromatic heterocycles. The molecular weight excluding hydrogens is 212 g/mol. The van der Waals surface area contributed by atoms with E-state index in [2.05, 4.69) is 4.98 Å². The SMILES string of the molecule is Cc1cc(C(=N)c2cc(N)ccc2N)ccn1. The standard InChI is InChI=1S/C13H14N4/c1-8-6-9(4-5-17-8)13(16)11-7-10(14)2-3-12(11)15/h2-7,16H,14-15H2,1H3. The summed E-state index contributed by atoms with van der Waals surface area (Å²) >= 11 is 0. The van der Waals surface area contributed by atoms with Crippen molar-refractivity contribution in [2.45, 2.75) is 6.92 Å². The van der Waals surface area contributed by atoms with Gasteiger partial charge in [-0.2, -0.15) is 0 Å². The van der Waals surface area contributed by atoms with Crippen molar-refractivity contribution in [1.82, 2.24) is 4.98 Å². The third kappa shape index (κ3) is 2.25. The largest absolute Gasteiger partial charge is 0.399 e. The van der Waals surface area contributed by atoms with E-state index in [9.17, 15) is 0 Å². The maximum atomic E-state index is 8.14. The second kappa shape index (κ2) is 4.25. The molecule has 5 N–H and O–H groups in total. The number of nitrogens with zero attached hydrogens (tertiary/aromatic N) is 1. The Hall–Kier alpha value is -2.36. The Balaban J connectivity index is 2.47. The van der Waals surface area contributed by atoms with Crippen LogP contribution in [-0.2, 0) is 0 Å². The summed E-state index contributed by atoms with van der Waals surface area (Å²) in [6, 6.07) is 8.80. The number of nitrogens with two attached hydrogens (primary N) is 2. The molecular formula is C13H14N4. The third-order valence-corrected chi connectivity index (χ3v) is 2.53. The summed E-state index contributed by atoms with van der Waals surface area (Å²) in [6.07, 6.45) is 1.68. The van der Waals surface area contributed by atoms with Crippen molar-refractivity contribution in [1.29, 1.82) is 5.41 Å². The predicted molar refractivity (Wildman–Crippen MR) is 70.2 cm³/mol. The molecule has 0 aliphatic rings. The van der Waals surface area contributed by atoms with Crippen molar-refractivity contribution in [3.05, 3.63) is 53.3 Å². The van der Waals surface area contributed by atoms with Gasteiger partial charge in [0.2, 0.25) is 0 Å². The van der Waals surface area contributed by atoms with Gasteiger partial charge in [0.15, 0.2) is 0 Å². The lowest BCUT2D eigenvalue weighted by atomic mass is 10.0. The van der Waals surface area contributed by atoms with Crippen LogP contribution in [0, 0.1) is 12.3 Å². The second-order valence-electron chi connectivity index (χ2n) is 3.91. The number of benzene rings is 1. The summed E-state index contributed by atoms with van der Waals surface area (Å²) in [6.45, 7) is 1.89. The summed E-state index contributed by atoms with van der Waals surface area (Å²) in [5.74, 6) is 0. The summed E-state index contributed by atoms with van der Waals surface area (Å²) in [5.41, 5.74) is 15.4. The van der Waals surface area contributed by atoms with Crippen LogP contribution in [0.25, 0.3) is 0 Å². The number of aryl methyl sites for hydroxylation is 1. The molecule has 2 rings (SSSR count). The molecule has 0 amide bonds. The lowest BCUT2D eigenvalue weighted by Gasteiger charge is -2.09. The summed E-state index contributed by atoms with van der Waals surface area (Å²) in [4.78, 5) is 4.10. The van der Waals surface area contributed by atoms with Gasteiger partial charge in [-0.05, 0) is 37.3 Å². The molecule has 1 aromatic carbocycles. The molecule has 0 atom stereocenters. The Morgan fingerprint density at radius 2 is 1.94 bits per heavy atom. The van der Waals surface area contributed by atoms with Crippen LogP contribution >= 0.6 is 0 Å². The molecule has 0 saturated heterocycles. The van der Waals surface area contributed by atoms with Gasteiger partial charge in [0, 0.05) is 34.4 Å². The fraction of sp³-hybridized carbons (Fsp3) is 0.0769. The lowest BCUT2D eigenvalue weighted by molar-refractivity contribution is 1.19. The fourth-order valence-electron chi connectivity index (χ4n) is 1.65. The fourth-order valence-corrected chi connectivity index (χ4v) is 1.65. The molecule has 4 nitrogen and oxygen atoms in total. The van der Waals surface area contributed by atoms with E-state index in [0.29, 0.717) is 22.6 Å². The van der Waals surface area contributed by atoms with Gasteiger partial charge in [-0.3, -0.25) is 10.4 Å². The van der Waals surface area contributed by atoms with Crippen LogP contribution in [0.1, 0.15) is 16.8 Å². The van der Waals surface area contributed by atoms with E-state index in [4.69, 9.17) is 16.9 Å². The van der Waals surface area contributed by atoms with E-state index in [1.54, 1.807) is 30.5 Å². The minimum absolute atomic E-state index is 0.361. The van der Waals surface area contributed by atoms with Crippen LogP contribution in [0.2, 0.25) is 0 Å². The van der Waals surface area contributed by atoms with Crippen molar-refractivity contribution in [3.8, 4) is 0 Å². The van der Waals surface area contributed by atoms with Crippen LogP contribution < -0.4 is 11.5 Å². The first kappa shape index (κ1) is 11.1. The van der Waals surface area contributed by atoms with Crippen LogP contribution in [0.5, 0.6) is 0 Å². The molecule has 0 saturated carbocycles. The molecule has 1 heterocycles. The van der Waals surface area contributed by atoms with E-state index in [-0.39, 0.29) is 0 Å². The smallest absolute Gasteiger partial charge is 0.0707 e. The van der Waals surface area contributed by atoms with E-state index >= 15 is 0 Å². The van der Waals surface area contributed by atoms with E-state index in [0.717, 1.165) is 11.3 Å². The molecule has 17 heavy (non-hydrogen) atoms. The first-order valence-corrected chi connectivity index (χ1v) is 5.25. The van der Waals surface area contributed by atoms with Crippen LogP contribution in [0.3, 0.4) is 0 Å². The molecule has 0 bridgehead atoms. The highest BCUT2D eigenvalue weighted by atomic mass is 14.7. The third-order valence-electron chi connectivity index (χ3n) is 2.53. The maximum Gasteiger partial charge on any atom is 0.0707 e. The maximum absolute atomic E-state index is 8.14. The highest BCUT2D eigenvalue weighted by Crippen LogP contribution is 2.19. The van der Waals surface area contributed by atoms with Crippen molar-refractivity contribution < 1.29 is 0 Å². The van der Waals surface area contributed by atoms with E-state index in [1.165, 1.54) is 0 Å². The summed E-state index contributed by atoms with van der Waals surface area (Å²) < 4.78 is 0. The second-order valence-corrected chi connectivity index (χ2v) is 3.91. The van der Waals surface area contributed by atoms with Crippen molar-refractivity contribution >= 4 is 17.1 Å². The van der Waals surface area contributed by atoms with Crippen LogP contribution in [0.15, 0.2) is 36.5 Å². The number of rotatable bonds is 2. The lowest BCUT2D eigenvalue weighted by Crippen LogP contribution is -2.06. The Kier molecular flexibility index (Phi) is 2.78. The first-order valence-electron chi connectivity index (χ1n) is 5.25. The van der Waals surface area contributed by atoms with Gasteiger partial charge >= 0.3 is 0 Å².